The van der Waals surface area contributed by atoms with Gasteiger partial charge in [-0.3, -0.25) is 9.36 Å². The fourth-order valence-corrected chi connectivity index (χ4v) is 5.04. The molecule has 3 aromatic rings. The smallest absolute Gasteiger partial charge is 0.349 e. The first kappa shape index (κ1) is 28.6. The van der Waals surface area contributed by atoms with Gasteiger partial charge in [-0.1, -0.05) is 59.6 Å². The van der Waals surface area contributed by atoms with Crippen molar-refractivity contribution in [1.82, 2.24) is 19.8 Å². The molecule has 0 saturated carbocycles. The summed E-state index contributed by atoms with van der Waals surface area (Å²) in [7, 11) is 0. The number of carboxylic acid groups (broad SMARTS) is 1. The molecule has 2 heterocycles. The van der Waals surface area contributed by atoms with E-state index in [4.69, 9.17) is 23.2 Å². The normalized spacial score (nSPS) is 15.0. The Balaban J connectivity index is 1.39. The van der Waals surface area contributed by atoms with E-state index in [1.54, 1.807) is 6.07 Å². The number of nitrogens with zero attached hydrogens (tertiary/aromatic N) is 4. The van der Waals surface area contributed by atoms with Crippen LogP contribution >= 0.6 is 23.2 Å². The van der Waals surface area contributed by atoms with Crippen molar-refractivity contribution < 1.29 is 19.5 Å². The zero-order valence-corrected chi connectivity index (χ0v) is 22.5. The Bertz CT molecular complexity index is 1510. The number of carbonyl (C=O) groups is 3. The van der Waals surface area contributed by atoms with Crippen molar-refractivity contribution in [2.24, 2.45) is 0 Å². The van der Waals surface area contributed by atoms with E-state index >= 15 is 0 Å². The quantitative estimate of drug-likeness (QED) is 0.384. The second kappa shape index (κ2) is 12.2. The number of hydrogen-bond acceptors (Lipinski definition) is 6. The van der Waals surface area contributed by atoms with E-state index in [0.717, 1.165) is 10.1 Å². The molecule has 0 bridgehead atoms. The predicted octanol–water partition coefficient (Wildman–Crippen LogP) is 3.52. The van der Waals surface area contributed by atoms with Gasteiger partial charge < -0.3 is 20.6 Å². The Hall–Kier alpha value is -4.40. The number of urea groups is 1. The Morgan fingerprint density at radius 1 is 1.05 bits per heavy atom. The summed E-state index contributed by atoms with van der Waals surface area (Å²) in [5, 5.41) is 24.7. The second-order valence-electron chi connectivity index (χ2n) is 9.19. The van der Waals surface area contributed by atoms with Crippen molar-refractivity contribution >= 4 is 46.9 Å². The number of hydrogen-bond donors (Lipinski definition) is 3. The number of carboxylic acids is 1. The predicted molar refractivity (Wildman–Crippen MR) is 147 cm³/mol. The van der Waals surface area contributed by atoms with E-state index in [9.17, 15) is 29.5 Å². The van der Waals surface area contributed by atoms with Gasteiger partial charge in [-0.25, -0.2) is 14.4 Å². The lowest BCUT2D eigenvalue weighted by molar-refractivity contribution is -0.139. The molecule has 13 heteroatoms. The first-order chi connectivity index (χ1) is 19.1. The average molecular weight is 583 g/mol. The van der Waals surface area contributed by atoms with Crippen LogP contribution in [0.3, 0.4) is 0 Å². The second-order valence-corrected chi connectivity index (χ2v) is 10.0. The van der Waals surface area contributed by atoms with Gasteiger partial charge in [0.15, 0.2) is 0 Å². The molecule has 0 spiro atoms. The molecule has 2 aromatic carbocycles. The number of nitriles is 1. The first-order valence-corrected chi connectivity index (χ1v) is 13.0. The Morgan fingerprint density at radius 3 is 2.27 bits per heavy atom. The highest BCUT2D eigenvalue weighted by atomic mass is 35.5. The highest BCUT2D eigenvalue weighted by Crippen LogP contribution is 2.34. The lowest BCUT2D eigenvalue weighted by Gasteiger charge is -2.38. The van der Waals surface area contributed by atoms with Crippen molar-refractivity contribution in [2.45, 2.75) is 30.8 Å². The maximum absolute atomic E-state index is 12.9. The third-order valence-electron chi connectivity index (χ3n) is 6.73. The molecule has 0 radical (unpaired) electrons. The fourth-order valence-electron chi connectivity index (χ4n) is 4.47. The van der Waals surface area contributed by atoms with Crippen molar-refractivity contribution in [1.29, 1.82) is 5.26 Å². The maximum atomic E-state index is 12.9. The van der Waals surface area contributed by atoms with Crippen LogP contribution in [-0.4, -0.2) is 56.6 Å². The van der Waals surface area contributed by atoms with Gasteiger partial charge in [-0.2, -0.15) is 10.2 Å². The van der Waals surface area contributed by atoms with Crippen molar-refractivity contribution in [2.75, 3.05) is 18.4 Å². The molecule has 1 aliphatic heterocycles. The number of benzene rings is 2. The van der Waals surface area contributed by atoms with E-state index < -0.39 is 41.6 Å². The Morgan fingerprint density at radius 2 is 1.70 bits per heavy atom. The summed E-state index contributed by atoms with van der Waals surface area (Å²) >= 11 is 12.1. The maximum Gasteiger partial charge on any atom is 0.349 e. The Kier molecular flexibility index (Phi) is 8.72. The number of carbonyl (C=O) groups excluding carboxylic acids is 2. The number of likely N-dealkylation sites (tertiary alicyclic amines) is 1. The summed E-state index contributed by atoms with van der Waals surface area (Å²) in [5.41, 5.74) is -0.679. The molecular weight excluding hydrogens is 559 g/mol. The topological polar surface area (TPSA) is 157 Å². The number of rotatable bonds is 7. The molecule has 3 N–H and O–H groups in total. The van der Waals surface area contributed by atoms with Gasteiger partial charge in [0.1, 0.15) is 11.9 Å². The van der Waals surface area contributed by atoms with Crippen LogP contribution in [0, 0.1) is 11.3 Å². The minimum Gasteiger partial charge on any atom is -0.480 e. The van der Waals surface area contributed by atoms with E-state index in [1.807, 2.05) is 30.3 Å². The van der Waals surface area contributed by atoms with Crippen LogP contribution in [0.25, 0.3) is 0 Å². The number of piperidine rings is 1. The van der Waals surface area contributed by atoms with Gasteiger partial charge in [0.2, 0.25) is 0 Å². The highest BCUT2D eigenvalue weighted by Gasteiger charge is 2.38. The summed E-state index contributed by atoms with van der Waals surface area (Å²) in [6, 6.07) is 15.5. The molecule has 1 aromatic heterocycles. The number of nitrogens with one attached hydrogen (secondary N) is 2. The summed E-state index contributed by atoms with van der Waals surface area (Å²) in [4.78, 5) is 55.2. The van der Waals surface area contributed by atoms with Crippen LogP contribution in [0.15, 0.2) is 65.6 Å². The molecule has 0 unspecified atom stereocenters. The van der Waals surface area contributed by atoms with Crippen LogP contribution < -0.4 is 16.3 Å². The number of aliphatic carboxylic acids is 1. The lowest BCUT2D eigenvalue weighted by atomic mass is 9.74. The summed E-state index contributed by atoms with van der Waals surface area (Å²) in [6.45, 7) is 0.107. The lowest BCUT2D eigenvalue weighted by Crippen LogP contribution is -2.53. The number of aromatic nitrogens is 2. The van der Waals surface area contributed by atoms with Crippen LogP contribution in [0.5, 0.6) is 0 Å². The van der Waals surface area contributed by atoms with E-state index in [0.29, 0.717) is 12.8 Å². The third-order valence-corrected chi connectivity index (χ3v) is 7.36. The molecule has 40 heavy (non-hydrogen) atoms. The molecule has 4 rings (SSSR count). The zero-order valence-electron chi connectivity index (χ0n) is 21.0. The summed E-state index contributed by atoms with van der Waals surface area (Å²) in [6.07, 6.45) is 2.05. The molecule has 0 aliphatic carbocycles. The fraction of sp³-hybridized carbons (Fsp3) is 0.259. The monoisotopic (exact) mass is 582 g/mol. The molecule has 1 aliphatic rings. The number of anilines is 1. The average Bonchev–Trinajstić information content (AvgIpc) is 2.94. The molecular formula is C27H24Cl2N6O5. The molecule has 1 fully saturated rings. The van der Waals surface area contributed by atoms with Crippen LogP contribution in [-0.2, 0) is 16.8 Å². The number of halogens is 2. The summed E-state index contributed by atoms with van der Waals surface area (Å²) < 4.78 is 1.00. The summed E-state index contributed by atoms with van der Waals surface area (Å²) in [5.74, 6) is -2.12. The zero-order chi connectivity index (χ0) is 28.9. The van der Waals surface area contributed by atoms with Gasteiger partial charge in [0.25, 0.3) is 5.91 Å². The highest BCUT2D eigenvalue weighted by molar-refractivity contribution is 6.40. The van der Waals surface area contributed by atoms with Gasteiger partial charge in [0, 0.05) is 19.3 Å². The Labute approximate surface area is 239 Å². The SMILES string of the molecule is N#CC1(c2ccccc2)CCN(C(=O)N[C@@H](Cn2ccc(NC(=O)c3c(Cl)cccc3Cl)nc2=O)C(=O)O)CC1. The standard InChI is InChI=1S/C27H24Cl2N6O5/c28-18-7-4-8-19(29)22(18)23(36)32-21-9-12-35(26(40)33-21)15-20(24(37)38)31-25(39)34-13-10-27(16-30,11-14-34)17-5-2-1-3-6-17/h1-9,12,20H,10-11,13-15H2,(H,31,39)(H,37,38)(H,32,33,36,40)/t20-/m0/s1. The van der Waals surface area contributed by atoms with Gasteiger partial charge >= 0.3 is 17.7 Å². The largest absolute Gasteiger partial charge is 0.480 e. The third kappa shape index (κ3) is 6.25. The van der Waals surface area contributed by atoms with Crippen molar-refractivity contribution in [3.8, 4) is 6.07 Å². The molecule has 3 amide bonds. The number of amides is 3. The van der Waals surface area contributed by atoms with Gasteiger partial charge in [-0.05, 0) is 36.6 Å². The van der Waals surface area contributed by atoms with E-state index in [2.05, 4.69) is 21.7 Å². The first-order valence-electron chi connectivity index (χ1n) is 12.2. The minimum atomic E-state index is -1.44. The van der Waals surface area contributed by atoms with E-state index in [-0.39, 0.29) is 34.5 Å². The van der Waals surface area contributed by atoms with Gasteiger partial charge in [-0.15, -0.1) is 0 Å². The molecule has 206 valence electrons. The van der Waals surface area contributed by atoms with E-state index in [1.165, 1.54) is 29.3 Å². The van der Waals surface area contributed by atoms with Crippen LogP contribution in [0.4, 0.5) is 10.6 Å². The van der Waals surface area contributed by atoms with Crippen molar-refractivity contribution in [3.05, 3.63) is 92.5 Å². The molecule has 1 saturated heterocycles. The molecule has 11 nitrogen and oxygen atoms in total. The van der Waals surface area contributed by atoms with Crippen molar-refractivity contribution in [3.63, 3.8) is 0 Å². The van der Waals surface area contributed by atoms with Crippen LogP contribution in [0.1, 0.15) is 28.8 Å². The van der Waals surface area contributed by atoms with Crippen LogP contribution in [0.2, 0.25) is 10.0 Å². The van der Waals surface area contributed by atoms with Gasteiger partial charge in [0.05, 0.1) is 33.6 Å². The molecule has 1 atom stereocenters. The minimum absolute atomic E-state index is 0.0129.